The molecule has 34 heavy (non-hydrogen) atoms. The number of halogens is 2. The summed E-state index contributed by atoms with van der Waals surface area (Å²) in [5, 5.41) is 10.6. The van der Waals surface area contributed by atoms with Gasteiger partial charge in [-0.05, 0) is 18.2 Å². The molecule has 8 nitrogen and oxygen atoms in total. The smallest absolute Gasteiger partial charge is 0.122 e. The van der Waals surface area contributed by atoms with Gasteiger partial charge in [0.2, 0.25) is 0 Å². The highest BCUT2D eigenvalue weighted by molar-refractivity contribution is 6.35. The van der Waals surface area contributed by atoms with Gasteiger partial charge in [-0.25, -0.2) is 0 Å². The molecule has 2 aromatic carbocycles. The number of anilines is 2. The van der Waals surface area contributed by atoms with Crippen molar-refractivity contribution in [2.24, 2.45) is 5.73 Å². The quantitative estimate of drug-likeness (QED) is 0.395. The van der Waals surface area contributed by atoms with Crippen LogP contribution >= 0.6 is 23.2 Å². The first kappa shape index (κ1) is 24.8. The zero-order chi connectivity index (χ0) is 23.8. The number of hydrogen-bond donors (Lipinski definition) is 1. The van der Waals surface area contributed by atoms with Crippen LogP contribution in [0, 0.1) is 0 Å². The van der Waals surface area contributed by atoms with E-state index in [2.05, 4.69) is 20.0 Å². The van der Waals surface area contributed by atoms with E-state index in [1.54, 1.807) is 0 Å². The molecule has 1 aliphatic rings. The zero-order valence-corrected chi connectivity index (χ0v) is 20.5. The summed E-state index contributed by atoms with van der Waals surface area (Å²) in [5.74, 6) is 0.729. The lowest BCUT2D eigenvalue weighted by molar-refractivity contribution is 0.0388. The van der Waals surface area contributed by atoms with Crippen LogP contribution in [0.25, 0.3) is 10.9 Å². The summed E-state index contributed by atoms with van der Waals surface area (Å²) in [5.41, 5.74) is 8.20. The third kappa shape index (κ3) is 6.40. The minimum Gasteiger partial charge on any atom is -0.491 e. The van der Waals surface area contributed by atoms with Gasteiger partial charge in [0, 0.05) is 54.9 Å². The summed E-state index contributed by atoms with van der Waals surface area (Å²) < 4.78 is 16.7. The maximum absolute atomic E-state index is 6.38. The standard InChI is InChI=1S/C24H29Cl2N5O3/c25-18-14-19(16-20(15-18)34-13-12-33-11-10-32-9-4-27)30-5-7-31(8-6-30)23-17-28-29-24-21(23)2-1-3-22(24)26/h1-3,14-17H,4-13,27H2. The molecule has 0 bridgehead atoms. The molecule has 1 aromatic heterocycles. The van der Waals surface area contributed by atoms with E-state index in [9.17, 15) is 0 Å². The molecular weight excluding hydrogens is 477 g/mol. The fourth-order valence-corrected chi connectivity index (χ4v) is 4.36. The maximum Gasteiger partial charge on any atom is 0.122 e. The van der Waals surface area contributed by atoms with Crippen molar-refractivity contribution in [1.82, 2.24) is 10.2 Å². The molecule has 0 saturated carbocycles. The number of fused-ring (bicyclic) bond motifs is 1. The summed E-state index contributed by atoms with van der Waals surface area (Å²) in [6, 6.07) is 11.6. The number of aromatic nitrogens is 2. The van der Waals surface area contributed by atoms with Crippen molar-refractivity contribution in [2.75, 3.05) is 75.6 Å². The normalized spacial score (nSPS) is 14.1. The minimum absolute atomic E-state index is 0.440. The van der Waals surface area contributed by atoms with E-state index in [-0.39, 0.29) is 0 Å². The van der Waals surface area contributed by atoms with Gasteiger partial charge in [0.15, 0.2) is 0 Å². The van der Waals surface area contributed by atoms with Crippen LogP contribution in [0.15, 0.2) is 42.6 Å². The average Bonchev–Trinajstić information content (AvgIpc) is 2.85. The molecule has 10 heteroatoms. The van der Waals surface area contributed by atoms with E-state index in [1.807, 2.05) is 42.6 Å². The summed E-state index contributed by atoms with van der Waals surface area (Å²) in [4.78, 5) is 4.63. The highest BCUT2D eigenvalue weighted by Crippen LogP contribution is 2.31. The average molecular weight is 506 g/mol. The van der Waals surface area contributed by atoms with E-state index in [0.29, 0.717) is 49.6 Å². The van der Waals surface area contributed by atoms with Gasteiger partial charge in [-0.15, -0.1) is 5.10 Å². The molecule has 1 saturated heterocycles. The SMILES string of the molecule is NCCOCCOCCOc1cc(Cl)cc(N2CCN(c3cnnc4c(Cl)cccc34)CC2)c1. The van der Waals surface area contributed by atoms with Gasteiger partial charge in [0.25, 0.3) is 0 Å². The number of benzene rings is 2. The molecule has 0 amide bonds. The predicted molar refractivity (Wildman–Crippen MR) is 137 cm³/mol. The molecule has 182 valence electrons. The Bertz CT molecular complexity index is 1080. The van der Waals surface area contributed by atoms with Crippen molar-refractivity contribution < 1.29 is 14.2 Å². The first-order chi connectivity index (χ1) is 16.7. The van der Waals surface area contributed by atoms with Gasteiger partial charge in [-0.2, -0.15) is 5.10 Å². The topological polar surface area (TPSA) is 86.0 Å². The number of hydrogen-bond acceptors (Lipinski definition) is 8. The van der Waals surface area contributed by atoms with Crippen LogP contribution < -0.4 is 20.3 Å². The van der Waals surface area contributed by atoms with Crippen molar-refractivity contribution in [3.8, 4) is 5.75 Å². The molecule has 1 aliphatic heterocycles. The molecule has 4 rings (SSSR count). The van der Waals surface area contributed by atoms with E-state index >= 15 is 0 Å². The van der Waals surface area contributed by atoms with Crippen LogP contribution in [0.2, 0.25) is 10.0 Å². The van der Waals surface area contributed by atoms with Gasteiger partial charge < -0.3 is 29.7 Å². The second-order valence-corrected chi connectivity index (χ2v) is 8.69. The largest absolute Gasteiger partial charge is 0.491 e. The van der Waals surface area contributed by atoms with E-state index in [4.69, 9.17) is 43.1 Å². The lowest BCUT2D eigenvalue weighted by Crippen LogP contribution is -2.46. The van der Waals surface area contributed by atoms with E-state index < -0.39 is 0 Å². The van der Waals surface area contributed by atoms with Crippen molar-refractivity contribution in [2.45, 2.75) is 0 Å². The van der Waals surface area contributed by atoms with Crippen molar-refractivity contribution in [3.05, 3.63) is 52.6 Å². The second kappa shape index (κ2) is 12.4. The summed E-state index contributed by atoms with van der Waals surface area (Å²) in [6.07, 6.45) is 1.81. The fraction of sp³-hybridized carbons (Fsp3) is 0.417. The highest BCUT2D eigenvalue weighted by atomic mass is 35.5. The third-order valence-electron chi connectivity index (χ3n) is 5.57. The van der Waals surface area contributed by atoms with Crippen LogP contribution in [0.1, 0.15) is 0 Å². The zero-order valence-electron chi connectivity index (χ0n) is 19.0. The van der Waals surface area contributed by atoms with Crippen molar-refractivity contribution in [1.29, 1.82) is 0 Å². The summed E-state index contributed by atoms with van der Waals surface area (Å²) >= 11 is 12.7. The van der Waals surface area contributed by atoms with Gasteiger partial charge >= 0.3 is 0 Å². The Morgan fingerprint density at radius 3 is 2.41 bits per heavy atom. The first-order valence-electron chi connectivity index (χ1n) is 11.3. The minimum atomic E-state index is 0.440. The van der Waals surface area contributed by atoms with Crippen LogP contribution in [-0.4, -0.2) is 76.0 Å². The van der Waals surface area contributed by atoms with Gasteiger partial charge in [0.05, 0.1) is 43.3 Å². The number of ether oxygens (including phenoxy) is 3. The second-order valence-electron chi connectivity index (χ2n) is 7.85. The van der Waals surface area contributed by atoms with Crippen LogP contribution in [0.3, 0.4) is 0 Å². The molecule has 0 aliphatic carbocycles. The van der Waals surface area contributed by atoms with Crippen LogP contribution in [0.5, 0.6) is 5.75 Å². The van der Waals surface area contributed by atoms with Crippen molar-refractivity contribution in [3.63, 3.8) is 0 Å². The number of piperazine rings is 1. The predicted octanol–water partition coefficient (Wildman–Crippen LogP) is 3.63. The molecule has 2 N–H and O–H groups in total. The van der Waals surface area contributed by atoms with Crippen molar-refractivity contribution >= 4 is 45.5 Å². The Morgan fingerprint density at radius 2 is 1.62 bits per heavy atom. The Labute approximate surface area is 209 Å². The molecule has 1 fully saturated rings. The van der Waals surface area contributed by atoms with Crippen LogP contribution in [0.4, 0.5) is 11.4 Å². The summed E-state index contributed by atoms with van der Waals surface area (Å²) in [7, 11) is 0. The molecule has 2 heterocycles. The molecule has 0 radical (unpaired) electrons. The Morgan fingerprint density at radius 1 is 0.882 bits per heavy atom. The van der Waals surface area contributed by atoms with E-state index in [0.717, 1.165) is 54.2 Å². The number of nitrogens with zero attached hydrogens (tertiary/aromatic N) is 4. The third-order valence-corrected chi connectivity index (χ3v) is 6.10. The molecule has 0 atom stereocenters. The van der Waals surface area contributed by atoms with E-state index in [1.165, 1.54) is 0 Å². The lowest BCUT2D eigenvalue weighted by atomic mass is 10.1. The maximum atomic E-state index is 6.38. The monoisotopic (exact) mass is 505 g/mol. The Kier molecular flexibility index (Phi) is 9.01. The highest BCUT2D eigenvalue weighted by Gasteiger charge is 2.21. The molecular formula is C24H29Cl2N5O3. The fourth-order valence-electron chi connectivity index (χ4n) is 3.93. The Hall–Kier alpha value is -2.36. The number of nitrogens with two attached hydrogens (primary N) is 1. The Balaban J connectivity index is 1.31. The van der Waals surface area contributed by atoms with Crippen LogP contribution in [-0.2, 0) is 9.47 Å². The summed E-state index contributed by atoms with van der Waals surface area (Å²) in [6.45, 7) is 6.40. The van der Waals surface area contributed by atoms with Gasteiger partial charge in [-0.3, -0.25) is 0 Å². The van der Waals surface area contributed by atoms with Gasteiger partial charge in [0.1, 0.15) is 17.9 Å². The lowest BCUT2D eigenvalue weighted by Gasteiger charge is -2.37. The van der Waals surface area contributed by atoms with Gasteiger partial charge in [-0.1, -0.05) is 35.3 Å². The molecule has 0 unspecified atom stereocenters. The molecule has 3 aromatic rings. The molecule has 0 spiro atoms. The first-order valence-corrected chi connectivity index (χ1v) is 12.1. The number of rotatable bonds is 11.